The molecule has 0 radical (unpaired) electrons. The van der Waals surface area contributed by atoms with Crippen LogP contribution in [-0.2, 0) is 0 Å². The van der Waals surface area contributed by atoms with E-state index in [-0.39, 0.29) is 0 Å². The molecule has 2 unspecified atom stereocenters. The van der Waals surface area contributed by atoms with Crippen LogP contribution in [0.3, 0.4) is 0 Å². The van der Waals surface area contributed by atoms with Gasteiger partial charge in [0.1, 0.15) is 0 Å². The molecule has 1 aliphatic carbocycles. The van der Waals surface area contributed by atoms with Crippen molar-refractivity contribution >= 4 is 11.3 Å². The number of nitrogens with two attached hydrogens (primary N) is 1. The van der Waals surface area contributed by atoms with Crippen molar-refractivity contribution in [2.24, 2.45) is 17.6 Å². The Hall–Kier alpha value is -0.340. The normalized spacial score (nSPS) is 40.9. The van der Waals surface area contributed by atoms with Crippen LogP contribution < -0.4 is 5.73 Å². The van der Waals surface area contributed by atoms with Gasteiger partial charge in [-0.05, 0) is 23.3 Å². The van der Waals surface area contributed by atoms with E-state index in [0.29, 0.717) is 17.9 Å². The maximum absolute atomic E-state index is 5.97. The van der Waals surface area contributed by atoms with E-state index in [1.54, 1.807) is 0 Å². The van der Waals surface area contributed by atoms with Gasteiger partial charge in [-0.3, -0.25) is 0 Å². The standard InChI is InChI=1S/C10H15NS/c1-6-9(7(2)10(6)11)8-4-3-5-12-8/h3-7,9-10H,11H2,1-2H3. The van der Waals surface area contributed by atoms with Crippen LogP contribution in [0.15, 0.2) is 17.5 Å². The van der Waals surface area contributed by atoms with Gasteiger partial charge in [0.25, 0.3) is 0 Å². The van der Waals surface area contributed by atoms with Crippen LogP contribution in [0.5, 0.6) is 0 Å². The Morgan fingerprint density at radius 2 is 2.00 bits per heavy atom. The highest BCUT2D eigenvalue weighted by molar-refractivity contribution is 7.10. The molecule has 1 fully saturated rings. The second-order valence-corrected chi connectivity index (χ2v) is 4.82. The summed E-state index contributed by atoms with van der Waals surface area (Å²) in [5, 5.41) is 2.15. The third-order valence-corrected chi connectivity index (χ3v) is 4.19. The maximum atomic E-state index is 5.97. The topological polar surface area (TPSA) is 26.0 Å². The van der Waals surface area contributed by atoms with E-state index in [2.05, 4.69) is 31.4 Å². The lowest BCUT2D eigenvalue weighted by molar-refractivity contribution is 0.132. The summed E-state index contributed by atoms with van der Waals surface area (Å²) in [4.78, 5) is 1.51. The molecule has 2 rings (SSSR count). The van der Waals surface area contributed by atoms with Gasteiger partial charge < -0.3 is 5.73 Å². The zero-order chi connectivity index (χ0) is 8.72. The molecule has 0 aromatic carbocycles. The van der Waals surface area contributed by atoms with Gasteiger partial charge in [0.05, 0.1) is 0 Å². The smallest absolute Gasteiger partial charge is 0.0103 e. The van der Waals surface area contributed by atoms with E-state index in [1.807, 2.05) is 11.3 Å². The lowest BCUT2D eigenvalue weighted by Crippen LogP contribution is -2.51. The first-order valence-corrected chi connectivity index (χ1v) is 5.38. The van der Waals surface area contributed by atoms with Crippen molar-refractivity contribution in [2.45, 2.75) is 25.8 Å². The molecule has 12 heavy (non-hydrogen) atoms. The molecule has 0 saturated heterocycles. The molecule has 1 saturated carbocycles. The van der Waals surface area contributed by atoms with Crippen LogP contribution >= 0.6 is 11.3 Å². The van der Waals surface area contributed by atoms with E-state index in [0.717, 1.165) is 5.92 Å². The molecule has 0 spiro atoms. The Labute approximate surface area is 77.6 Å². The van der Waals surface area contributed by atoms with Gasteiger partial charge in [-0.1, -0.05) is 19.9 Å². The monoisotopic (exact) mass is 181 g/mol. The summed E-state index contributed by atoms with van der Waals surface area (Å²) in [6, 6.07) is 4.77. The predicted octanol–water partition coefficient (Wildman–Crippen LogP) is 2.44. The highest BCUT2D eigenvalue weighted by Gasteiger charge is 2.43. The SMILES string of the molecule is CC1C(N)C(C)C1c1cccs1. The summed E-state index contributed by atoms with van der Waals surface area (Å²) in [6.45, 7) is 4.52. The minimum absolute atomic E-state index is 0.414. The van der Waals surface area contributed by atoms with Crippen LogP contribution in [0.2, 0.25) is 0 Å². The molecule has 1 nitrogen and oxygen atoms in total. The minimum atomic E-state index is 0.414. The van der Waals surface area contributed by atoms with Crippen molar-refractivity contribution in [3.05, 3.63) is 22.4 Å². The van der Waals surface area contributed by atoms with E-state index in [4.69, 9.17) is 5.73 Å². The van der Waals surface area contributed by atoms with Crippen LogP contribution in [0, 0.1) is 11.8 Å². The third kappa shape index (κ3) is 1.02. The van der Waals surface area contributed by atoms with E-state index < -0.39 is 0 Å². The van der Waals surface area contributed by atoms with Crippen LogP contribution in [0.25, 0.3) is 0 Å². The fraction of sp³-hybridized carbons (Fsp3) is 0.600. The average molecular weight is 181 g/mol. The average Bonchev–Trinajstić information content (AvgIpc) is 2.57. The molecule has 2 N–H and O–H groups in total. The fourth-order valence-corrected chi connectivity index (χ4v) is 3.35. The molecule has 1 aromatic rings. The number of rotatable bonds is 1. The molecule has 0 amide bonds. The van der Waals surface area contributed by atoms with Gasteiger partial charge in [-0.15, -0.1) is 11.3 Å². The van der Waals surface area contributed by atoms with Gasteiger partial charge in [0, 0.05) is 16.8 Å². The largest absolute Gasteiger partial charge is 0.327 e. The third-order valence-electron chi connectivity index (χ3n) is 3.22. The molecule has 66 valence electrons. The first-order valence-electron chi connectivity index (χ1n) is 4.51. The molecule has 2 atom stereocenters. The Balaban J connectivity index is 2.17. The summed E-state index contributed by atoms with van der Waals surface area (Å²) in [5.41, 5.74) is 5.97. The second-order valence-electron chi connectivity index (χ2n) is 3.84. The van der Waals surface area contributed by atoms with Crippen molar-refractivity contribution < 1.29 is 0 Å². The van der Waals surface area contributed by atoms with Gasteiger partial charge in [-0.25, -0.2) is 0 Å². The molecule has 1 aromatic heterocycles. The molecule has 2 heteroatoms. The van der Waals surface area contributed by atoms with Gasteiger partial charge in [-0.2, -0.15) is 0 Å². The number of thiophene rings is 1. The summed E-state index contributed by atoms with van der Waals surface area (Å²) in [7, 11) is 0. The lowest BCUT2D eigenvalue weighted by atomic mass is 9.62. The van der Waals surface area contributed by atoms with Crippen molar-refractivity contribution in [1.29, 1.82) is 0 Å². The lowest BCUT2D eigenvalue weighted by Gasteiger charge is -2.47. The van der Waals surface area contributed by atoms with E-state index in [9.17, 15) is 0 Å². The van der Waals surface area contributed by atoms with E-state index in [1.165, 1.54) is 4.88 Å². The van der Waals surface area contributed by atoms with Crippen molar-refractivity contribution in [2.75, 3.05) is 0 Å². The van der Waals surface area contributed by atoms with Gasteiger partial charge in [0.15, 0.2) is 0 Å². The Kier molecular flexibility index (Phi) is 1.97. The second kappa shape index (κ2) is 2.86. The van der Waals surface area contributed by atoms with Crippen LogP contribution in [0.4, 0.5) is 0 Å². The molecule has 0 aliphatic heterocycles. The predicted molar refractivity (Wildman–Crippen MR) is 53.4 cm³/mol. The summed E-state index contributed by atoms with van der Waals surface area (Å²) in [6.07, 6.45) is 0. The Morgan fingerprint density at radius 3 is 2.50 bits per heavy atom. The van der Waals surface area contributed by atoms with Crippen LogP contribution in [0.1, 0.15) is 24.6 Å². The van der Waals surface area contributed by atoms with Gasteiger partial charge in [0.2, 0.25) is 0 Å². The minimum Gasteiger partial charge on any atom is -0.327 e. The number of hydrogen-bond acceptors (Lipinski definition) is 2. The highest BCUT2D eigenvalue weighted by atomic mass is 32.1. The molecule has 1 aliphatic rings. The summed E-state index contributed by atoms with van der Waals surface area (Å²) in [5.74, 6) is 2.05. The molecule has 0 bridgehead atoms. The fourth-order valence-electron chi connectivity index (χ4n) is 2.29. The summed E-state index contributed by atoms with van der Waals surface area (Å²) < 4.78 is 0. The summed E-state index contributed by atoms with van der Waals surface area (Å²) >= 11 is 1.86. The molecular formula is C10H15NS. The van der Waals surface area contributed by atoms with E-state index >= 15 is 0 Å². The number of hydrogen-bond donors (Lipinski definition) is 1. The quantitative estimate of drug-likeness (QED) is 0.707. The molecule has 1 heterocycles. The first-order chi connectivity index (χ1) is 5.72. The molecular weight excluding hydrogens is 166 g/mol. The highest BCUT2D eigenvalue weighted by Crippen LogP contribution is 2.47. The Bertz CT molecular complexity index is 245. The van der Waals surface area contributed by atoms with Crippen molar-refractivity contribution in [3.8, 4) is 0 Å². The zero-order valence-corrected chi connectivity index (χ0v) is 8.34. The van der Waals surface area contributed by atoms with Crippen molar-refractivity contribution in [1.82, 2.24) is 0 Å². The Morgan fingerprint density at radius 1 is 1.33 bits per heavy atom. The maximum Gasteiger partial charge on any atom is 0.0103 e. The van der Waals surface area contributed by atoms with Gasteiger partial charge >= 0.3 is 0 Å². The van der Waals surface area contributed by atoms with Crippen LogP contribution in [-0.4, -0.2) is 6.04 Å². The van der Waals surface area contributed by atoms with Crippen molar-refractivity contribution in [3.63, 3.8) is 0 Å². The zero-order valence-electron chi connectivity index (χ0n) is 7.53. The first kappa shape index (κ1) is 8.27.